The molecule has 176 valence electrons. The average Bonchev–Trinajstić information content (AvgIpc) is 2.81. The molecule has 0 aliphatic carbocycles. The van der Waals surface area contributed by atoms with Crippen molar-refractivity contribution in [1.82, 2.24) is 4.31 Å². The maximum absolute atomic E-state index is 13.2. The van der Waals surface area contributed by atoms with E-state index in [2.05, 4.69) is 10.6 Å². The number of piperidine rings is 1. The largest absolute Gasteiger partial charge is 0.478 e. The molecule has 2 aliphatic heterocycles. The first kappa shape index (κ1) is 23.5. The van der Waals surface area contributed by atoms with Crippen LogP contribution in [0.4, 0.5) is 11.4 Å². The Morgan fingerprint density at radius 2 is 1.97 bits per heavy atom. The fourth-order valence-corrected chi connectivity index (χ4v) is 5.71. The molecule has 2 amide bonds. The van der Waals surface area contributed by atoms with Gasteiger partial charge in [0, 0.05) is 29.7 Å². The number of nitrogens with zero attached hydrogens (tertiary/aromatic N) is 1. The second-order valence-electron chi connectivity index (χ2n) is 8.24. The van der Waals surface area contributed by atoms with E-state index in [9.17, 15) is 18.0 Å². The van der Waals surface area contributed by atoms with Gasteiger partial charge in [0.1, 0.15) is 5.75 Å². The second kappa shape index (κ2) is 9.32. The molecule has 2 aliphatic rings. The molecule has 4 rings (SSSR count). The van der Waals surface area contributed by atoms with E-state index >= 15 is 0 Å². The highest BCUT2D eigenvalue weighted by Gasteiger charge is 2.34. The van der Waals surface area contributed by atoms with E-state index in [1.807, 2.05) is 13.8 Å². The SMILES string of the molecule is CCC1Oc2ccc(S(=O)(=O)N3CCC(C(=O)Nc4cccc(Cl)c4C)CC3)cc2NC1=O. The van der Waals surface area contributed by atoms with Crippen molar-refractivity contribution in [3.05, 3.63) is 47.0 Å². The molecule has 2 aromatic rings. The van der Waals surface area contributed by atoms with Gasteiger partial charge in [0.05, 0.1) is 10.6 Å². The Kier molecular flexibility index (Phi) is 6.65. The zero-order chi connectivity index (χ0) is 23.8. The van der Waals surface area contributed by atoms with Gasteiger partial charge in [0.25, 0.3) is 5.91 Å². The lowest BCUT2D eigenvalue weighted by Crippen LogP contribution is -2.41. The van der Waals surface area contributed by atoms with Crippen LogP contribution in [0.1, 0.15) is 31.7 Å². The van der Waals surface area contributed by atoms with Gasteiger partial charge in [-0.15, -0.1) is 0 Å². The Morgan fingerprint density at radius 3 is 2.67 bits per heavy atom. The van der Waals surface area contributed by atoms with Gasteiger partial charge in [-0.25, -0.2) is 8.42 Å². The quantitative estimate of drug-likeness (QED) is 0.662. The predicted molar refractivity (Wildman–Crippen MR) is 126 cm³/mol. The topological polar surface area (TPSA) is 105 Å². The van der Waals surface area contributed by atoms with Crippen molar-refractivity contribution in [2.45, 2.75) is 44.1 Å². The van der Waals surface area contributed by atoms with E-state index in [1.165, 1.54) is 16.4 Å². The molecular weight excluding hydrogens is 466 g/mol. The van der Waals surface area contributed by atoms with Gasteiger partial charge < -0.3 is 15.4 Å². The van der Waals surface area contributed by atoms with Gasteiger partial charge in [0.2, 0.25) is 15.9 Å². The van der Waals surface area contributed by atoms with Crippen molar-refractivity contribution < 1.29 is 22.7 Å². The summed E-state index contributed by atoms with van der Waals surface area (Å²) in [5, 5.41) is 6.20. The molecule has 1 fully saturated rings. The summed E-state index contributed by atoms with van der Waals surface area (Å²) in [6.45, 7) is 4.13. The van der Waals surface area contributed by atoms with E-state index in [-0.39, 0.29) is 35.7 Å². The van der Waals surface area contributed by atoms with E-state index in [0.29, 0.717) is 41.4 Å². The minimum Gasteiger partial charge on any atom is -0.478 e. The molecule has 1 saturated heterocycles. The van der Waals surface area contributed by atoms with E-state index in [0.717, 1.165) is 5.56 Å². The Bertz CT molecular complexity index is 1190. The molecule has 2 aromatic carbocycles. The first-order valence-electron chi connectivity index (χ1n) is 10.9. The van der Waals surface area contributed by atoms with Crippen LogP contribution in [-0.2, 0) is 19.6 Å². The van der Waals surface area contributed by atoms with Crippen LogP contribution in [0.25, 0.3) is 0 Å². The minimum atomic E-state index is -3.78. The van der Waals surface area contributed by atoms with Crippen LogP contribution in [-0.4, -0.2) is 43.7 Å². The molecule has 0 bridgehead atoms. The van der Waals surface area contributed by atoms with E-state index < -0.39 is 16.1 Å². The molecule has 2 heterocycles. The van der Waals surface area contributed by atoms with Crippen molar-refractivity contribution in [1.29, 1.82) is 0 Å². The number of carbonyl (C=O) groups is 2. The number of hydrogen-bond acceptors (Lipinski definition) is 5. The molecule has 10 heteroatoms. The maximum atomic E-state index is 13.2. The Labute approximate surface area is 198 Å². The van der Waals surface area contributed by atoms with Crippen molar-refractivity contribution in [2.75, 3.05) is 23.7 Å². The summed E-state index contributed by atoms with van der Waals surface area (Å²) in [6.07, 6.45) is 0.757. The van der Waals surface area contributed by atoms with Crippen molar-refractivity contribution in [2.24, 2.45) is 5.92 Å². The number of sulfonamides is 1. The van der Waals surface area contributed by atoms with E-state index in [4.69, 9.17) is 16.3 Å². The number of nitrogens with one attached hydrogen (secondary N) is 2. The third-order valence-electron chi connectivity index (χ3n) is 6.13. The van der Waals surface area contributed by atoms with Gasteiger partial charge in [-0.05, 0) is 62.1 Å². The molecule has 33 heavy (non-hydrogen) atoms. The summed E-state index contributed by atoms with van der Waals surface area (Å²) in [4.78, 5) is 24.9. The zero-order valence-electron chi connectivity index (χ0n) is 18.4. The van der Waals surface area contributed by atoms with Gasteiger partial charge in [-0.3, -0.25) is 9.59 Å². The number of amides is 2. The third-order valence-corrected chi connectivity index (χ3v) is 8.43. The molecular formula is C23H26ClN3O5S. The average molecular weight is 492 g/mol. The number of benzene rings is 2. The minimum absolute atomic E-state index is 0.0811. The maximum Gasteiger partial charge on any atom is 0.265 e. The van der Waals surface area contributed by atoms with Crippen LogP contribution in [0.2, 0.25) is 5.02 Å². The monoisotopic (exact) mass is 491 g/mol. The Morgan fingerprint density at radius 1 is 1.24 bits per heavy atom. The lowest BCUT2D eigenvalue weighted by Gasteiger charge is -2.31. The highest BCUT2D eigenvalue weighted by molar-refractivity contribution is 7.89. The van der Waals surface area contributed by atoms with Gasteiger partial charge in [-0.1, -0.05) is 24.6 Å². The number of rotatable bonds is 5. The summed E-state index contributed by atoms with van der Waals surface area (Å²) < 4.78 is 33.4. The fraction of sp³-hybridized carbons (Fsp3) is 0.391. The smallest absolute Gasteiger partial charge is 0.265 e. The summed E-state index contributed by atoms with van der Waals surface area (Å²) >= 11 is 6.12. The second-order valence-corrected chi connectivity index (χ2v) is 10.6. The first-order valence-corrected chi connectivity index (χ1v) is 12.7. The van der Waals surface area contributed by atoms with Gasteiger partial charge in [0.15, 0.2) is 6.10 Å². The first-order chi connectivity index (χ1) is 15.7. The summed E-state index contributed by atoms with van der Waals surface area (Å²) in [5.74, 6) is -0.276. The van der Waals surface area contributed by atoms with Crippen LogP contribution in [0.15, 0.2) is 41.3 Å². The van der Waals surface area contributed by atoms with Crippen molar-refractivity contribution >= 4 is 44.8 Å². The molecule has 1 atom stereocenters. The summed E-state index contributed by atoms with van der Waals surface area (Å²) in [6, 6.07) is 9.80. The lowest BCUT2D eigenvalue weighted by atomic mass is 9.97. The van der Waals surface area contributed by atoms with Gasteiger partial charge >= 0.3 is 0 Å². The molecule has 0 aromatic heterocycles. The van der Waals surface area contributed by atoms with E-state index in [1.54, 1.807) is 24.3 Å². The lowest BCUT2D eigenvalue weighted by molar-refractivity contribution is -0.123. The van der Waals surface area contributed by atoms with Crippen LogP contribution >= 0.6 is 11.6 Å². The number of fused-ring (bicyclic) bond motifs is 1. The number of carbonyl (C=O) groups excluding carboxylic acids is 2. The third kappa shape index (κ3) is 4.71. The van der Waals surface area contributed by atoms with Crippen LogP contribution in [0, 0.1) is 12.8 Å². The van der Waals surface area contributed by atoms with Crippen molar-refractivity contribution in [3.63, 3.8) is 0 Å². The highest BCUT2D eigenvalue weighted by Crippen LogP contribution is 2.34. The molecule has 0 saturated carbocycles. The number of hydrogen-bond donors (Lipinski definition) is 2. The zero-order valence-corrected chi connectivity index (χ0v) is 20.0. The molecule has 2 N–H and O–H groups in total. The number of anilines is 2. The van der Waals surface area contributed by atoms with Crippen LogP contribution in [0.5, 0.6) is 5.75 Å². The molecule has 8 nitrogen and oxygen atoms in total. The number of halogens is 1. The van der Waals surface area contributed by atoms with Crippen molar-refractivity contribution in [3.8, 4) is 5.75 Å². The van der Waals surface area contributed by atoms with Crippen LogP contribution in [0.3, 0.4) is 0 Å². The normalized spacial score (nSPS) is 19.4. The van der Waals surface area contributed by atoms with Crippen LogP contribution < -0.4 is 15.4 Å². The summed E-state index contributed by atoms with van der Waals surface area (Å²) in [7, 11) is -3.78. The summed E-state index contributed by atoms with van der Waals surface area (Å²) in [5.41, 5.74) is 1.80. The Hall–Kier alpha value is -2.62. The Balaban J connectivity index is 1.42. The molecule has 0 radical (unpaired) electrons. The fourth-order valence-electron chi connectivity index (χ4n) is 4.04. The number of ether oxygens (including phenoxy) is 1. The molecule has 1 unspecified atom stereocenters. The predicted octanol–water partition coefficient (Wildman–Crippen LogP) is 3.80. The van der Waals surface area contributed by atoms with Gasteiger partial charge in [-0.2, -0.15) is 4.31 Å². The molecule has 0 spiro atoms. The highest BCUT2D eigenvalue weighted by atomic mass is 35.5. The standard InChI is InChI=1S/C23H26ClN3O5S/c1-3-20-23(29)26-19-13-16(7-8-21(19)32-20)33(30,31)27-11-9-15(10-12-27)22(28)25-18-6-4-5-17(24)14(18)2/h4-8,13,15,20H,3,9-12H2,1-2H3,(H,25,28)(H,26,29).